The summed E-state index contributed by atoms with van der Waals surface area (Å²) in [5.74, 6) is -11.8. The summed E-state index contributed by atoms with van der Waals surface area (Å²) in [6, 6.07) is 0. The second-order valence-corrected chi connectivity index (χ2v) is 10.0. The van der Waals surface area contributed by atoms with Gasteiger partial charge in [-0.15, -0.1) is 0 Å². The number of carboxylic acid groups (broad SMARTS) is 12. The van der Waals surface area contributed by atoms with Crippen molar-refractivity contribution < 1.29 is 119 Å². The normalized spacial score (nSPS) is 6.32. The molecule has 0 radical (unpaired) electrons. The summed E-state index contributed by atoms with van der Waals surface area (Å²) in [6.45, 7) is 56.8. The van der Waals surface area contributed by atoms with Gasteiger partial charge < -0.3 is 61.3 Å². The summed E-state index contributed by atoms with van der Waals surface area (Å²) >= 11 is 0. The van der Waals surface area contributed by atoms with Gasteiger partial charge >= 0.3 is 71.6 Å². The first-order chi connectivity index (χ1) is 34.3. The molecular weight excluding hydrogens is 997 g/mol. The van der Waals surface area contributed by atoms with Crippen LogP contribution in [0.5, 0.6) is 0 Å². The maximum absolute atomic E-state index is 9.25. The van der Waals surface area contributed by atoms with E-state index in [1.54, 1.807) is 0 Å². The molecule has 0 aromatic rings. The molecule has 0 unspecified atom stereocenters. The van der Waals surface area contributed by atoms with Crippen LogP contribution in [0.15, 0.2) is 152 Å². The average molecular weight is 1090 g/mol. The van der Waals surface area contributed by atoms with Crippen molar-refractivity contribution in [1.82, 2.24) is 0 Å². The molecule has 75 heavy (non-hydrogen) atoms. The van der Waals surface area contributed by atoms with E-state index in [1.165, 1.54) is 32.1 Å². The molecule has 0 bridgehead atoms. The molecule has 0 aromatic carbocycles. The lowest BCUT2D eigenvalue weighted by Crippen LogP contribution is -1.82. The molecule has 0 amide bonds. The van der Waals surface area contributed by atoms with Crippen molar-refractivity contribution in [2.24, 2.45) is 0 Å². The van der Waals surface area contributed by atoms with Crippen molar-refractivity contribution in [3.05, 3.63) is 152 Å². The van der Waals surface area contributed by atoms with E-state index < -0.39 is 71.6 Å². The van der Waals surface area contributed by atoms with Gasteiger partial charge in [0.25, 0.3) is 0 Å². The average Bonchev–Trinajstić information content (AvgIpc) is 3.34. The van der Waals surface area contributed by atoms with Crippen LogP contribution in [-0.2, 0) is 57.5 Å². The largest absolute Gasteiger partial charge is 0.478 e. The highest BCUT2D eigenvalue weighted by molar-refractivity contribution is 5.82. The van der Waals surface area contributed by atoms with Crippen molar-refractivity contribution in [3.63, 3.8) is 0 Å². The minimum atomic E-state index is -0.981. The molecule has 0 aliphatic heterocycles. The first-order valence-corrected chi connectivity index (χ1v) is 20.6. The van der Waals surface area contributed by atoms with Crippen molar-refractivity contribution in [3.8, 4) is 0 Å². The van der Waals surface area contributed by atoms with E-state index in [-0.39, 0.29) is 0 Å². The van der Waals surface area contributed by atoms with E-state index in [9.17, 15) is 57.5 Å². The molecule has 0 aliphatic carbocycles. The van der Waals surface area contributed by atoms with Crippen LogP contribution in [0, 0.1) is 0 Å². The molecule has 0 fully saturated rings. The molecule has 0 saturated heterocycles. The van der Waals surface area contributed by atoms with Crippen LogP contribution >= 0.6 is 0 Å². The third-order valence-electron chi connectivity index (χ3n) is 2.10. The molecule has 0 heterocycles. The van der Waals surface area contributed by atoms with Gasteiger partial charge in [-0.05, 0) is 0 Å². The number of rotatable bonds is 12. The van der Waals surface area contributed by atoms with Gasteiger partial charge in [0, 0.05) is 72.9 Å². The Bertz CT molecular complexity index is 1140. The van der Waals surface area contributed by atoms with Gasteiger partial charge in [0.2, 0.25) is 0 Å². The number of carbonyl (C=O) groups is 12. The fourth-order valence-corrected chi connectivity index (χ4v) is 0. The SMILES string of the molecule is C=CC(=O)O.C=CC(=O)O.C=CC(=O)O.C=CC(=O)O.C=CC(=O)O.C=CC(=O)O.C=CC(=O)O.C=CC(=O)O.C=CC(=O)O.C=CC(=O)O.C=CC(=O)O.C=CC(=O)O.CCC.CCC.CCC.CCC.CCC. The number of aliphatic carboxylic acids is 12. The van der Waals surface area contributed by atoms with Gasteiger partial charge in [-0.25, -0.2) is 57.5 Å². The van der Waals surface area contributed by atoms with Crippen LogP contribution in [0.3, 0.4) is 0 Å². The Morgan fingerprint density at radius 2 is 0.200 bits per heavy atom. The van der Waals surface area contributed by atoms with Gasteiger partial charge in [-0.1, -0.05) is 180 Å². The van der Waals surface area contributed by atoms with Gasteiger partial charge in [-0.2, -0.15) is 0 Å². The summed E-state index contributed by atoms with van der Waals surface area (Å²) in [6.07, 6.45) is 16.2. The zero-order valence-corrected chi connectivity index (χ0v) is 45.2. The zero-order chi connectivity index (χ0) is 64.9. The molecule has 24 nitrogen and oxygen atoms in total. The van der Waals surface area contributed by atoms with E-state index in [0.717, 1.165) is 72.9 Å². The quantitative estimate of drug-likeness (QED) is 0.0808. The van der Waals surface area contributed by atoms with Crippen molar-refractivity contribution >= 4 is 71.6 Å². The monoisotopic (exact) mass is 1080 g/mol. The molecule has 436 valence electrons. The van der Waals surface area contributed by atoms with Crippen LogP contribution in [0.1, 0.15) is 101 Å². The minimum Gasteiger partial charge on any atom is -0.478 e. The predicted molar refractivity (Wildman–Crippen MR) is 294 cm³/mol. The second-order valence-electron chi connectivity index (χ2n) is 10.0. The fourth-order valence-electron chi connectivity index (χ4n) is 0. The Morgan fingerprint density at radius 3 is 0.200 bits per heavy atom. The highest BCUT2D eigenvalue weighted by Gasteiger charge is 1.78. The number of carboxylic acids is 12. The molecule has 0 saturated carbocycles. The van der Waals surface area contributed by atoms with E-state index in [0.29, 0.717) is 0 Å². The number of hydrogen-bond acceptors (Lipinski definition) is 12. The van der Waals surface area contributed by atoms with Crippen molar-refractivity contribution in [1.29, 1.82) is 0 Å². The standard InChI is InChI=1S/12C3H4O2.5C3H8/c12*1-2-3(4)5;5*1-3-2/h12*2H,1H2,(H,4,5);5*3H2,1-2H3. The van der Waals surface area contributed by atoms with Crippen LogP contribution < -0.4 is 0 Å². The third-order valence-corrected chi connectivity index (χ3v) is 2.10. The van der Waals surface area contributed by atoms with Crippen molar-refractivity contribution in [2.75, 3.05) is 0 Å². The Labute approximate surface area is 442 Å². The zero-order valence-electron chi connectivity index (χ0n) is 45.2. The maximum Gasteiger partial charge on any atom is 0.327 e. The third kappa shape index (κ3) is 1200. The van der Waals surface area contributed by atoms with Gasteiger partial charge in [0.15, 0.2) is 0 Å². The van der Waals surface area contributed by atoms with E-state index in [2.05, 4.69) is 148 Å². The molecule has 0 aliphatic rings. The molecule has 0 rings (SSSR count). The Morgan fingerprint density at radius 1 is 0.187 bits per heavy atom. The molecule has 24 heteroatoms. The lowest BCUT2D eigenvalue weighted by molar-refractivity contribution is -0.132. The van der Waals surface area contributed by atoms with E-state index >= 15 is 0 Å². The van der Waals surface area contributed by atoms with Crippen molar-refractivity contribution in [2.45, 2.75) is 101 Å². The smallest absolute Gasteiger partial charge is 0.327 e. The summed E-state index contributed by atoms with van der Waals surface area (Å²) < 4.78 is 0. The van der Waals surface area contributed by atoms with Crippen LogP contribution in [0.2, 0.25) is 0 Å². The van der Waals surface area contributed by atoms with E-state index in [1.807, 2.05) is 0 Å². The Hall–Kier alpha value is -9.48. The summed E-state index contributed by atoms with van der Waals surface area (Å²) in [5.41, 5.74) is 0. The highest BCUT2D eigenvalue weighted by Crippen LogP contribution is 1.61. The lowest BCUT2D eigenvalue weighted by atomic mass is 10.6. The first-order valence-electron chi connectivity index (χ1n) is 20.6. The van der Waals surface area contributed by atoms with Crippen LogP contribution in [0.4, 0.5) is 0 Å². The molecule has 12 N–H and O–H groups in total. The van der Waals surface area contributed by atoms with Crippen LogP contribution in [0.25, 0.3) is 0 Å². The molecular formula is C51H88O24. The van der Waals surface area contributed by atoms with E-state index in [4.69, 9.17) is 61.3 Å². The maximum atomic E-state index is 9.25. The summed E-state index contributed by atoms with van der Waals surface area (Å²) in [7, 11) is 0. The second kappa shape index (κ2) is 137. The number of hydrogen-bond donors (Lipinski definition) is 12. The molecule has 0 aromatic heterocycles. The molecule has 0 spiro atoms. The first kappa shape index (κ1) is 116. The molecule has 0 atom stereocenters. The minimum absolute atomic E-state index is 0.833. The van der Waals surface area contributed by atoms with Gasteiger partial charge in [0.05, 0.1) is 0 Å². The lowest BCUT2D eigenvalue weighted by Gasteiger charge is -1.64. The fraction of sp³-hybridized carbons (Fsp3) is 0.294. The predicted octanol–water partition coefficient (Wildman–Crippen LogP) is 10.2. The van der Waals surface area contributed by atoms with Crippen LogP contribution in [-0.4, -0.2) is 133 Å². The Balaban J connectivity index is -0.0000000319. The Kier molecular flexibility index (Phi) is 212. The van der Waals surface area contributed by atoms with Gasteiger partial charge in [-0.3, -0.25) is 0 Å². The topological polar surface area (TPSA) is 448 Å². The summed E-state index contributed by atoms with van der Waals surface area (Å²) in [5, 5.41) is 91.2. The summed E-state index contributed by atoms with van der Waals surface area (Å²) in [4.78, 5) is 111. The van der Waals surface area contributed by atoms with Gasteiger partial charge in [0.1, 0.15) is 0 Å². The highest BCUT2D eigenvalue weighted by atomic mass is 16.4.